The standard InChI is InChI=1S/C7H6IN3/c8-5-1-4(9)2-6-7(5)11-3-10-6/h1-3H,9H2,(H,10,11). The Morgan fingerprint density at radius 3 is 3.09 bits per heavy atom. The number of H-pyrrole nitrogens is 1. The number of nitrogens with one attached hydrogen (secondary N) is 1. The number of nitrogen functional groups attached to an aromatic ring is 1. The second kappa shape index (κ2) is 2.37. The van der Waals surface area contributed by atoms with Crippen molar-refractivity contribution in [1.29, 1.82) is 0 Å². The Morgan fingerprint density at radius 2 is 2.27 bits per heavy atom. The van der Waals surface area contributed by atoms with Crippen LogP contribution in [0.3, 0.4) is 0 Å². The second-order valence-electron chi connectivity index (χ2n) is 2.30. The molecule has 1 aromatic carbocycles. The third-order valence-corrected chi connectivity index (χ3v) is 2.36. The van der Waals surface area contributed by atoms with E-state index < -0.39 is 0 Å². The predicted octanol–water partition coefficient (Wildman–Crippen LogP) is 1.75. The maximum atomic E-state index is 5.63. The lowest BCUT2D eigenvalue weighted by Crippen LogP contribution is -1.86. The van der Waals surface area contributed by atoms with Crippen LogP contribution in [0, 0.1) is 3.57 Å². The largest absolute Gasteiger partial charge is 0.399 e. The van der Waals surface area contributed by atoms with Gasteiger partial charge in [0.05, 0.1) is 17.4 Å². The van der Waals surface area contributed by atoms with Gasteiger partial charge >= 0.3 is 0 Å². The first-order valence-electron chi connectivity index (χ1n) is 3.15. The van der Waals surface area contributed by atoms with Crippen molar-refractivity contribution in [2.45, 2.75) is 0 Å². The summed E-state index contributed by atoms with van der Waals surface area (Å²) in [5.74, 6) is 0. The van der Waals surface area contributed by atoms with Crippen LogP contribution in [0.1, 0.15) is 0 Å². The van der Waals surface area contributed by atoms with Gasteiger partial charge in [-0.2, -0.15) is 0 Å². The Balaban J connectivity index is 2.91. The van der Waals surface area contributed by atoms with Crippen LogP contribution >= 0.6 is 22.6 Å². The van der Waals surface area contributed by atoms with Gasteiger partial charge in [-0.15, -0.1) is 0 Å². The number of nitrogens with two attached hydrogens (primary N) is 1. The molecular weight excluding hydrogens is 253 g/mol. The number of rotatable bonds is 0. The molecule has 0 radical (unpaired) electrons. The molecular formula is C7H6IN3. The van der Waals surface area contributed by atoms with Crippen LogP contribution in [-0.2, 0) is 0 Å². The Bertz CT molecular complexity index is 393. The Hall–Kier alpha value is -0.780. The van der Waals surface area contributed by atoms with Gasteiger partial charge in [0.15, 0.2) is 0 Å². The third kappa shape index (κ3) is 1.07. The SMILES string of the molecule is Nc1cc(I)c2[nH]cnc2c1. The van der Waals surface area contributed by atoms with E-state index in [0.717, 1.165) is 20.3 Å². The van der Waals surface area contributed by atoms with Gasteiger partial charge in [-0.1, -0.05) is 0 Å². The number of aromatic nitrogens is 2. The van der Waals surface area contributed by atoms with Crippen molar-refractivity contribution < 1.29 is 0 Å². The molecule has 56 valence electrons. The minimum absolute atomic E-state index is 0.758. The molecule has 4 heteroatoms. The number of fused-ring (bicyclic) bond motifs is 1. The molecule has 2 aromatic rings. The van der Waals surface area contributed by atoms with Crippen molar-refractivity contribution >= 4 is 39.3 Å². The van der Waals surface area contributed by atoms with Crippen LogP contribution in [0.15, 0.2) is 18.5 Å². The van der Waals surface area contributed by atoms with Crippen molar-refractivity contribution in [2.75, 3.05) is 5.73 Å². The summed E-state index contributed by atoms with van der Waals surface area (Å²) in [6.07, 6.45) is 1.67. The van der Waals surface area contributed by atoms with Crippen molar-refractivity contribution in [3.05, 3.63) is 22.0 Å². The fourth-order valence-corrected chi connectivity index (χ4v) is 1.82. The minimum atomic E-state index is 0.758. The first-order chi connectivity index (χ1) is 5.27. The van der Waals surface area contributed by atoms with Crippen molar-refractivity contribution in [1.82, 2.24) is 9.97 Å². The Kier molecular flexibility index (Phi) is 1.49. The van der Waals surface area contributed by atoms with E-state index in [1.54, 1.807) is 6.33 Å². The van der Waals surface area contributed by atoms with Crippen LogP contribution in [0.25, 0.3) is 11.0 Å². The van der Waals surface area contributed by atoms with Crippen LogP contribution < -0.4 is 5.73 Å². The molecule has 0 spiro atoms. The number of anilines is 1. The van der Waals surface area contributed by atoms with Gasteiger partial charge in [0.1, 0.15) is 0 Å². The van der Waals surface area contributed by atoms with E-state index in [2.05, 4.69) is 32.6 Å². The zero-order valence-electron chi connectivity index (χ0n) is 5.63. The number of aromatic amines is 1. The summed E-state index contributed by atoms with van der Waals surface area (Å²) < 4.78 is 1.11. The molecule has 0 unspecified atom stereocenters. The highest BCUT2D eigenvalue weighted by atomic mass is 127. The second-order valence-corrected chi connectivity index (χ2v) is 3.46. The number of hydrogen-bond acceptors (Lipinski definition) is 2. The topological polar surface area (TPSA) is 54.7 Å². The average Bonchev–Trinajstić information content (AvgIpc) is 2.34. The summed E-state index contributed by atoms with van der Waals surface area (Å²) in [6, 6.07) is 3.77. The lowest BCUT2D eigenvalue weighted by atomic mass is 10.3. The molecule has 0 fully saturated rings. The first-order valence-corrected chi connectivity index (χ1v) is 4.23. The normalized spacial score (nSPS) is 10.6. The molecule has 0 aliphatic carbocycles. The van der Waals surface area contributed by atoms with Gasteiger partial charge in [-0.05, 0) is 34.7 Å². The van der Waals surface area contributed by atoms with Gasteiger partial charge < -0.3 is 10.7 Å². The van der Waals surface area contributed by atoms with E-state index in [-0.39, 0.29) is 0 Å². The van der Waals surface area contributed by atoms with Gasteiger partial charge in [-0.25, -0.2) is 4.98 Å². The van der Waals surface area contributed by atoms with Crippen LogP contribution in [0.4, 0.5) is 5.69 Å². The molecule has 1 heterocycles. The highest BCUT2D eigenvalue weighted by Gasteiger charge is 2.00. The first kappa shape index (κ1) is 6.90. The number of benzene rings is 1. The van der Waals surface area contributed by atoms with Gasteiger partial charge in [0.2, 0.25) is 0 Å². The van der Waals surface area contributed by atoms with E-state index in [1.165, 1.54) is 0 Å². The number of imidazole rings is 1. The maximum Gasteiger partial charge on any atom is 0.0932 e. The van der Waals surface area contributed by atoms with Gasteiger partial charge in [0, 0.05) is 9.26 Å². The Morgan fingerprint density at radius 1 is 1.45 bits per heavy atom. The molecule has 2 rings (SSSR count). The van der Waals surface area contributed by atoms with Crippen LogP contribution in [-0.4, -0.2) is 9.97 Å². The summed E-state index contributed by atoms with van der Waals surface area (Å²) in [7, 11) is 0. The third-order valence-electron chi connectivity index (χ3n) is 1.50. The fraction of sp³-hybridized carbons (Fsp3) is 0. The molecule has 1 aromatic heterocycles. The van der Waals surface area contributed by atoms with E-state index >= 15 is 0 Å². The minimum Gasteiger partial charge on any atom is -0.399 e. The smallest absolute Gasteiger partial charge is 0.0932 e. The van der Waals surface area contributed by atoms with Crippen molar-refractivity contribution in [3.8, 4) is 0 Å². The van der Waals surface area contributed by atoms with Crippen LogP contribution in [0.2, 0.25) is 0 Å². The lowest BCUT2D eigenvalue weighted by Gasteiger charge is -1.94. The molecule has 0 aliphatic heterocycles. The Labute approximate surface area is 77.1 Å². The van der Waals surface area contributed by atoms with E-state index in [0.29, 0.717) is 0 Å². The molecule has 0 bridgehead atoms. The van der Waals surface area contributed by atoms with Crippen molar-refractivity contribution in [3.63, 3.8) is 0 Å². The molecule has 0 saturated carbocycles. The maximum absolute atomic E-state index is 5.63. The molecule has 11 heavy (non-hydrogen) atoms. The number of halogens is 1. The molecule has 0 atom stereocenters. The van der Waals surface area contributed by atoms with Gasteiger partial charge in [0.25, 0.3) is 0 Å². The summed E-state index contributed by atoms with van der Waals surface area (Å²) in [5, 5.41) is 0. The van der Waals surface area contributed by atoms with E-state index in [4.69, 9.17) is 5.73 Å². The summed E-state index contributed by atoms with van der Waals surface area (Å²) in [6.45, 7) is 0. The highest BCUT2D eigenvalue weighted by Crippen LogP contribution is 2.20. The summed E-state index contributed by atoms with van der Waals surface area (Å²) in [4.78, 5) is 7.14. The molecule has 0 aliphatic rings. The van der Waals surface area contributed by atoms with Gasteiger partial charge in [-0.3, -0.25) is 0 Å². The summed E-state index contributed by atoms with van der Waals surface area (Å²) >= 11 is 2.23. The quantitative estimate of drug-likeness (QED) is 0.559. The summed E-state index contributed by atoms with van der Waals surface area (Å²) in [5.41, 5.74) is 8.36. The molecule has 3 N–H and O–H groups in total. The molecule has 3 nitrogen and oxygen atoms in total. The molecule has 0 saturated heterocycles. The van der Waals surface area contributed by atoms with E-state index in [9.17, 15) is 0 Å². The molecule has 0 amide bonds. The zero-order valence-corrected chi connectivity index (χ0v) is 7.79. The fourth-order valence-electron chi connectivity index (χ4n) is 1.02. The predicted molar refractivity (Wildman–Crippen MR) is 53.2 cm³/mol. The van der Waals surface area contributed by atoms with Crippen LogP contribution in [0.5, 0.6) is 0 Å². The highest BCUT2D eigenvalue weighted by molar-refractivity contribution is 14.1. The number of nitrogens with zero attached hydrogens (tertiary/aromatic N) is 1. The average molecular weight is 259 g/mol. The lowest BCUT2D eigenvalue weighted by molar-refractivity contribution is 1.34. The monoisotopic (exact) mass is 259 g/mol. The zero-order chi connectivity index (χ0) is 7.84. The van der Waals surface area contributed by atoms with Crippen molar-refractivity contribution in [2.24, 2.45) is 0 Å². The number of hydrogen-bond donors (Lipinski definition) is 2. The van der Waals surface area contributed by atoms with E-state index in [1.807, 2.05) is 12.1 Å².